The number of rotatable bonds is 6. The number of benzene rings is 2. The summed E-state index contributed by atoms with van der Waals surface area (Å²) in [4.78, 5) is 24.9. The first-order valence-corrected chi connectivity index (χ1v) is 10.0. The number of hydrogen-bond acceptors (Lipinski definition) is 4. The normalized spacial score (nSPS) is 10.9. The number of anilines is 1. The number of nitrogens with one attached hydrogen (secondary N) is 1. The summed E-state index contributed by atoms with van der Waals surface area (Å²) in [6.45, 7) is 1.89. The van der Waals surface area contributed by atoms with Crippen LogP contribution >= 0.6 is 22.9 Å². The standard InChI is InChI=1S/C22H17ClFNO3S/c1-2-28-22(27)20-17(14-7-10-16(24)11-8-14)13-29-21(20)25-19(26)12-9-15-5-3-4-6-18(15)23/h3-13H,2H2,1H3,(H,25,26). The number of carbonyl (C=O) groups excluding carboxylic acids is 2. The highest BCUT2D eigenvalue weighted by atomic mass is 35.5. The lowest BCUT2D eigenvalue weighted by molar-refractivity contribution is -0.111. The first-order chi connectivity index (χ1) is 14.0. The zero-order chi connectivity index (χ0) is 20.8. The van der Waals surface area contributed by atoms with Gasteiger partial charge >= 0.3 is 5.97 Å². The average Bonchev–Trinajstić information content (AvgIpc) is 3.11. The smallest absolute Gasteiger partial charge is 0.341 e. The predicted molar refractivity (Wildman–Crippen MR) is 115 cm³/mol. The topological polar surface area (TPSA) is 55.4 Å². The Labute approximate surface area is 176 Å². The number of amides is 1. The molecule has 2 aromatic carbocycles. The van der Waals surface area contributed by atoms with Gasteiger partial charge in [-0.25, -0.2) is 9.18 Å². The number of thiophene rings is 1. The Kier molecular flexibility index (Phi) is 6.80. The van der Waals surface area contributed by atoms with Crippen molar-refractivity contribution in [2.75, 3.05) is 11.9 Å². The lowest BCUT2D eigenvalue weighted by atomic mass is 10.0. The van der Waals surface area contributed by atoms with E-state index in [1.165, 1.54) is 29.5 Å². The van der Waals surface area contributed by atoms with Crippen molar-refractivity contribution >= 4 is 45.9 Å². The van der Waals surface area contributed by atoms with Crippen molar-refractivity contribution in [3.63, 3.8) is 0 Å². The van der Waals surface area contributed by atoms with E-state index in [9.17, 15) is 14.0 Å². The maximum atomic E-state index is 13.2. The fraction of sp³-hybridized carbons (Fsp3) is 0.0909. The summed E-state index contributed by atoms with van der Waals surface area (Å²) in [6, 6.07) is 12.9. The Morgan fingerprint density at radius 1 is 1.17 bits per heavy atom. The molecule has 0 bridgehead atoms. The fourth-order valence-corrected chi connectivity index (χ4v) is 3.79. The lowest BCUT2D eigenvalue weighted by Crippen LogP contribution is -2.12. The molecule has 3 aromatic rings. The van der Waals surface area contributed by atoms with Crippen molar-refractivity contribution in [2.24, 2.45) is 0 Å². The highest BCUT2D eigenvalue weighted by Crippen LogP contribution is 2.36. The van der Waals surface area contributed by atoms with Crippen molar-refractivity contribution in [3.8, 4) is 11.1 Å². The average molecular weight is 430 g/mol. The van der Waals surface area contributed by atoms with Crippen molar-refractivity contribution < 1.29 is 18.7 Å². The van der Waals surface area contributed by atoms with Gasteiger partial charge in [0.1, 0.15) is 16.4 Å². The van der Waals surface area contributed by atoms with E-state index >= 15 is 0 Å². The molecular formula is C22H17ClFNO3S. The molecule has 0 unspecified atom stereocenters. The van der Waals surface area contributed by atoms with Gasteiger partial charge in [-0.3, -0.25) is 4.79 Å². The molecule has 0 atom stereocenters. The molecule has 1 heterocycles. The molecule has 0 saturated heterocycles. The summed E-state index contributed by atoms with van der Waals surface area (Å²) in [7, 11) is 0. The summed E-state index contributed by atoms with van der Waals surface area (Å²) in [5.74, 6) is -1.35. The van der Waals surface area contributed by atoms with Gasteiger partial charge < -0.3 is 10.1 Å². The summed E-state index contributed by atoms with van der Waals surface area (Å²) in [5, 5.41) is 5.33. The van der Waals surface area contributed by atoms with E-state index < -0.39 is 11.9 Å². The highest BCUT2D eigenvalue weighted by Gasteiger charge is 2.22. The van der Waals surface area contributed by atoms with Gasteiger partial charge in [0.05, 0.1) is 6.61 Å². The molecule has 0 radical (unpaired) electrons. The molecule has 1 aromatic heterocycles. The summed E-state index contributed by atoms with van der Waals surface area (Å²) >= 11 is 7.28. The molecule has 29 heavy (non-hydrogen) atoms. The molecule has 1 amide bonds. The maximum Gasteiger partial charge on any atom is 0.341 e. The summed E-state index contributed by atoms with van der Waals surface area (Å²) < 4.78 is 18.4. The Morgan fingerprint density at radius 3 is 2.59 bits per heavy atom. The molecule has 148 valence electrons. The number of esters is 1. The van der Waals surface area contributed by atoms with Crippen LogP contribution < -0.4 is 5.32 Å². The van der Waals surface area contributed by atoms with Crippen LogP contribution in [-0.4, -0.2) is 18.5 Å². The van der Waals surface area contributed by atoms with Crippen LogP contribution in [0.3, 0.4) is 0 Å². The Bertz CT molecular complexity index is 1060. The van der Waals surface area contributed by atoms with Crippen LogP contribution in [0.15, 0.2) is 60.0 Å². The van der Waals surface area contributed by atoms with Gasteiger partial charge in [0.15, 0.2) is 0 Å². The quantitative estimate of drug-likeness (QED) is 0.384. The number of ether oxygens (including phenoxy) is 1. The van der Waals surface area contributed by atoms with Crippen LogP contribution in [0, 0.1) is 5.82 Å². The van der Waals surface area contributed by atoms with E-state index in [0.717, 1.165) is 0 Å². The van der Waals surface area contributed by atoms with Gasteiger partial charge in [-0.2, -0.15) is 0 Å². The molecule has 0 aliphatic heterocycles. The number of carbonyl (C=O) groups is 2. The second-order valence-electron chi connectivity index (χ2n) is 5.92. The van der Waals surface area contributed by atoms with Crippen LogP contribution in [0.25, 0.3) is 17.2 Å². The molecule has 0 aliphatic carbocycles. The molecule has 0 spiro atoms. The second kappa shape index (κ2) is 9.49. The second-order valence-corrected chi connectivity index (χ2v) is 7.21. The third-order valence-electron chi connectivity index (χ3n) is 3.98. The maximum absolute atomic E-state index is 13.2. The number of hydrogen-bond donors (Lipinski definition) is 1. The fourth-order valence-electron chi connectivity index (χ4n) is 2.63. The minimum atomic E-state index is -0.557. The van der Waals surface area contributed by atoms with Crippen LogP contribution in [0.2, 0.25) is 5.02 Å². The first-order valence-electron chi connectivity index (χ1n) is 8.77. The van der Waals surface area contributed by atoms with Gasteiger partial charge in [-0.1, -0.05) is 41.9 Å². The first kappa shape index (κ1) is 20.8. The molecule has 0 aliphatic rings. The molecule has 1 N–H and O–H groups in total. The van der Waals surface area contributed by atoms with Crippen molar-refractivity contribution in [1.82, 2.24) is 0 Å². The van der Waals surface area contributed by atoms with E-state index in [0.29, 0.717) is 26.7 Å². The Morgan fingerprint density at radius 2 is 1.90 bits per heavy atom. The molecule has 0 saturated carbocycles. The minimum absolute atomic E-state index is 0.192. The van der Waals surface area contributed by atoms with E-state index in [1.807, 2.05) is 6.07 Å². The Hall–Kier alpha value is -2.96. The Balaban J connectivity index is 1.88. The molecule has 7 heteroatoms. The van der Waals surface area contributed by atoms with Crippen LogP contribution in [0.5, 0.6) is 0 Å². The van der Waals surface area contributed by atoms with E-state index in [4.69, 9.17) is 16.3 Å². The van der Waals surface area contributed by atoms with E-state index in [-0.39, 0.29) is 18.0 Å². The van der Waals surface area contributed by atoms with Gasteiger partial charge in [0.2, 0.25) is 5.91 Å². The van der Waals surface area contributed by atoms with Gasteiger partial charge in [0.25, 0.3) is 0 Å². The zero-order valence-electron chi connectivity index (χ0n) is 15.4. The largest absolute Gasteiger partial charge is 0.462 e. The minimum Gasteiger partial charge on any atom is -0.462 e. The molecule has 3 rings (SSSR count). The summed E-state index contributed by atoms with van der Waals surface area (Å²) in [5.41, 5.74) is 2.16. The van der Waals surface area contributed by atoms with Crippen molar-refractivity contribution in [2.45, 2.75) is 6.92 Å². The lowest BCUT2D eigenvalue weighted by Gasteiger charge is -2.08. The van der Waals surface area contributed by atoms with Crippen molar-refractivity contribution in [3.05, 3.63) is 82.0 Å². The van der Waals surface area contributed by atoms with Crippen molar-refractivity contribution in [1.29, 1.82) is 0 Å². The van der Waals surface area contributed by atoms with Crippen LogP contribution in [0.4, 0.5) is 9.39 Å². The molecular weight excluding hydrogens is 413 g/mol. The highest BCUT2D eigenvalue weighted by molar-refractivity contribution is 7.15. The third-order valence-corrected chi connectivity index (χ3v) is 5.22. The third kappa shape index (κ3) is 5.10. The van der Waals surface area contributed by atoms with Crippen LogP contribution in [-0.2, 0) is 9.53 Å². The van der Waals surface area contributed by atoms with Gasteiger partial charge in [-0.15, -0.1) is 11.3 Å². The molecule has 4 nitrogen and oxygen atoms in total. The monoisotopic (exact) mass is 429 g/mol. The summed E-state index contributed by atoms with van der Waals surface area (Å²) in [6.07, 6.45) is 2.93. The van der Waals surface area contributed by atoms with Gasteiger partial charge in [0, 0.05) is 22.0 Å². The number of halogens is 2. The van der Waals surface area contributed by atoms with Crippen LogP contribution in [0.1, 0.15) is 22.8 Å². The van der Waals surface area contributed by atoms with E-state index in [2.05, 4.69) is 5.32 Å². The van der Waals surface area contributed by atoms with Gasteiger partial charge in [-0.05, 0) is 42.3 Å². The SMILES string of the molecule is CCOC(=O)c1c(-c2ccc(F)cc2)csc1NC(=O)C=Cc1ccccc1Cl. The van der Waals surface area contributed by atoms with E-state index in [1.54, 1.807) is 48.7 Å². The zero-order valence-corrected chi connectivity index (χ0v) is 17.0. The predicted octanol–water partition coefficient (Wildman–Crippen LogP) is 6.04. The molecule has 0 fully saturated rings.